The Morgan fingerprint density at radius 1 is 0.447 bits per heavy atom. The van der Waals surface area contributed by atoms with E-state index in [0.717, 1.165) is 25.9 Å². The zero-order chi connectivity index (χ0) is 27.9. The van der Waals surface area contributed by atoms with Gasteiger partial charge in [0.15, 0.2) is 0 Å². The Bertz CT molecular complexity index is 468. The van der Waals surface area contributed by atoms with Crippen molar-refractivity contribution in [1.82, 2.24) is 15.5 Å². The van der Waals surface area contributed by atoms with Crippen molar-refractivity contribution in [3.8, 4) is 0 Å². The Kier molecular flexibility index (Phi) is 29.6. The number of unbranched alkanes of at least 4 members (excludes halogenated alkanes) is 20. The van der Waals surface area contributed by atoms with Crippen LogP contribution < -0.4 is 10.6 Å². The molecule has 0 saturated carbocycles. The normalized spacial score (nSPS) is 11.3. The molecule has 0 aromatic heterocycles. The molecule has 0 fully saturated rings. The van der Waals surface area contributed by atoms with E-state index in [4.69, 9.17) is 0 Å². The Morgan fingerprint density at radius 2 is 0.711 bits per heavy atom. The van der Waals surface area contributed by atoms with E-state index in [1.54, 1.807) is 0 Å². The predicted molar refractivity (Wildman–Crippen MR) is 166 cm³/mol. The maximum Gasteiger partial charge on any atom is 0.220 e. The summed E-state index contributed by atoms with van der Waals surface area (Å²) in [6.07, 6.45) is 30.0. The molecule has 38 heavy (non-hydrogen) atoms. The average molecular weight is 538 g/mol. The van der Waals surface area contributed by atoms with Crippen LogP contribution in [0, 0.1) is 0 Å². The molecule has 0 aliphatic rings. The number of amides is 2. The molecule has 2 N–H and O–H groups in total. The average Bonchev–Trinajstić information content (AvgIpc) is 2.90. The van der Waals surface area contributed by atoms with Crippen molar-refractivity contribution in [2.24, 2.45) is 0 Å². The molecule has 0 aliphatic heterocycles. The van der Waals surface area contributed by atoms with Gasteiger partial charge in [-0.15, -0.1) is 0 Å². The number of likely N-dealkylation sites (N-methyl/N-ethyl adjacent to an activating group) is 1. The standard InChI is InChI=1S/C33H67N3O2/c1-4-6-8-10-12-14-16-18-20-22-24-26-32(37)34-28-30-36(3)31-29-35-33(38)27-25-23-21-19-17-15-13-11-9-7-5-2/h4-31H2,1-3H3,(H,34,37)(H,35,38). The molecule has 0 atom stereocenters. The van der Waals surface area contributed by atoms with Crippen LogP contribution in [0.3, 0.4) is 0 Å². The lowest BCUT2D eigenvalue weighted by atomic mass is 10.1. The zero-order valence-electron chi connectivity index (χ0n) is 26.1. The molecule has 0 aromatic rings. The fourth-order valence-electron chi connectivity index (χ4n) is 4.96. The van der Waals surface area contributed by atoms with Crippen molar-refractivity contribution in [2.75, 3.05) is 33.2 Å². The third-order valence-corrected chi connectivity index (χ3v) is 7.65. The maximum atomic E-state index is 12.0. The van der Waals surface area contributed by atoms with Crippen LogP contribution in [0.25, 0.3) is 0 Å². The minimum Gasteiger partial charge on any atom is -0.355 e. The van der Waals surface area contributed by atoms with E-state index in [1.807, 2.05) is 7.05 Å². The summed E-state index contributed by atoms with van der Waals surface area (Å²) in [4.78, 5) is 26.3. The summed E-state index contributed by atoms with van der Waals surface area (Å²) in [7, 11) is 2.05. The highest BCUT2D eigenvalue weighted by Crippen LogP contribution is 2.13. The van der Waals surface area contributed by atoms with Crippen molar-refractivity contribution >= 4 is 11.8 Å². The molecular formula is C33H67N3O2. The van der Waals surface area contributed by atoms with Crippen molar-refractivity contribution in [2.45, 2.75) is 168 Å². The second kappa shape index (κ2) is 30.4. The number of hydrogen-bond acceptors (Lipinski definition) is 3. The number of carbonyl (C=O) groups excluding carboxylic acids is 2. The molecule has 2 amide bonds. The van der Waals surface area contributed by atoms with Gasteiger partial charge in [0.1, 0.15) is 0 Å². The van der Waals surface area contributed by atoms with E-state index in [9.17, 15) is 9.59 Å². The van der Waals surface area contributed by atoms with Crippen LogP contribution in [-0.2, 0) is 9.59 Å². The molecular weight excluding hydrogens is 470 g/mol. The lowest BCUT2D eigenvalue weighted by Crippen LogP contribution is -2.37. The quantitative estimate of drug-likeness (QED) is 0.0902. The van der Waals surface area contributed by atoms with E-state index in [0.29, 0.717) is 25.9 Å². The number of nitrogens with one attached hydrogen (secondary N) is 2. The summed E-state index contributed by atoms with van der Waals surface area (Å²) in [5, 5.41) is 6.09. The van der Waals surface area contributed by atoms with Crippen LogP contribution in [-0.4, -0.2) is 49.9 Å². The van der Waals surface area contributed by atoms with Gasteiger partial charge in [0.2, 0.25) is 11.8 Å². The Hall–Kier alpha value is -1.10. The van der Waals surface area contributed by atoms with Gasteiger partial charge in [-0.1, -0.05) is 142 Å². The molecule has 0 aliphatic carbocycles. The lowest BCUT2D eigenvalue weighted by Gasteiger charge is -2.17. The Balaban J connectivity index is 3.39. The second-order valence-corrected chi connectivity index (χ2v) is 11.6. The molecule has 0 saturated heterocycles. The highest BCUT2D eigenvalue weighted by Gasteiger charge is 2.05. The van der Waals surface area contributed by atoms with E-state index < -0.39 is 0 Å². The smallest absolute Gasteiger partial charge is 0.220 e. The summed E-state index contributed by atoms with van der Waals surface area (Å²) in [6, 6.07) is 0. The van der Waals surface area contributed by atoms with Crippen LogP contribution in [0.1, 0.15) is 168 Å². The van der Waals surface area contributed by atoms with Crippen LogP contribution >= 0.6 is 0 Å². The number of carbonyl (C=O) groups is 2. The predicted octanol–water partition coefficient (Wildman–Crippen LogP) is 8.55. The molecule has 0 bridgehead atoms. The van der Waals surface area contributed by atoms with E-state index in [1.165, 1.54) is 128 Å². The van der Waals surface area contributed by atoms with E-state index in [2.05, 4.69) is 29.4 Å². The van der Waals surface area contributed by atoms with E-state index >= 15 is 0 Å². The number of nitrogens with zero attached hydrogens (tertiary/aromatic N) is 1. The minimum absolute atomic E-state index is 0.176. The molecule has 0 rings (SSSR count). The molecule has 5 nitrogen and oxygen atoms in total. The monoisotopic (exact) mass is 538 g/mol. The molecule has 0 unspecified atom stereocenters. The van der Waals surface area contributed by atoms with Crippen LogP contribution in [0.15, 0.2) is 0 Å². The molecule has 0 heterocycles. The lowest BCUT2D eigenvalue weighted by molar-refractivity contribution is -0.121. The van der Waals surface area contributed by atoms with Gasteiger partial charge >= 0.3 is 0 Å². The molecule has 0 radical (unpaired) electrons. The van der Waals surface area contributed by atoms with Gasteiger partial charge in [-0.25, -0.2) is 0 Å². The Morgan fingerprint density at radius 3 is 1.00 bits per heavy atom. The molecule has 0 aromatic carbocycles. The topological polar surface area (TPSA) is 61.4 Å². The maximum absolute atomic E-state index is 12.0. The third-order valence-electron chi connectivity index (χ3n) is 7.65. The summed E-state index contributed by atoms with van der Waals surface area (Å²) in [6.45, 7) is 7.53. The highest BCUT2D eigenvalue weighted by molar-refractivity contribution is 5.76. The van der Waals surface area contributed by atoms with Gasteiger partial charge < -0.3 is 15.5 Å². The first-order valence-electron chi connectivity index (χ1n) is 16.8. The van der Waals surface area contributed by atoms with Crippen LogP contribution in [0.5, 0.6) is 0 Å². The van der Waals surface area contributed by atoms with Crippen LogP contribution in [0.2, 0.25) is 0 Å². The third kappa shape index (κ3) is 29.5. The van der Waals surface area contributed by atoms with Gasteiger partial charge in [0.25, 0.3) is 0 Å². The van der Waals surface area contributed by atoms with Gasteiger partial charge in [-0.2, -0.15) is 0 Å². The van der Waals surface area contributed by atoms with Crippen molar-refractivity contribution in [1.29, 1.82) is 0 Å². The highest BCUT2D eigenvalue weighted by atomic mass is 16.2. The fraction of sp³-hybridized carbons (Fsp3) is 0.939. The molecule has 0 spiro atoms. The SMILES string of the molecule is CCCCCCCCCCCCCC(=O)NCCN(C)CCNC(=O)CCCCCCCCCCCCC. The molecule has 5 heteroatoms. The van der Waals surface area contributed by atoms with Gasteiger partial charge in [-0.3, -0.25) is 9.59 Å². The zero-order valence-corrected chi connectivity index (χ0v) is 26.1. The second-order valence-electron chi connectivity index (χ2n) is 11.6. The molecule has 226 valence electrons. The van der Waals surface area contributed by atoms with Crippen molar-refractivity contribution in [3.63, 3.8) is 0 Å². The fourth-order valence-corrected chi connectivity index (χ4v) is 4.96. The minimum atomic E-state index is 0.176. The number of rotatable bonds is 30. The summed E-state index contributed by atoms with van der Waals surface area (Å²) < 4.78 is 0. The summed E-state index contributed by atoms with van der Waals surface area (Å²) >= 11 is 0. The van der Waals surface area contributed by atoms with Crippen molar-refractivity contribution in [3.05, 3.63) is 0 Å². The summed E-state index contributed by atoms with van der Waals surface area (Å²) in [5.41, 5.74) is 0. The largest absolute Gasteiger partial charge is 0.355 e. The first kappa shape index (κ1) is 36.9. The van der Waals surface area contributed by atoms with Gasteiger partial charge in [-0.05, 0) is 19.9 Å². The van der Waals surface area contributed by atoms with Crippen molar-refractivity contribution < 1.29 is 9.59 Å². The van der Waals surface area contributed by atoms with Gasteiger partial charge in [0, 0.05) is 39.0 Å². The van der Waals surface area contributed by atoms with E-state index in [-0.39, 0.29) is 11.8 Å². The Labute approximate surface area is 238 Å². The first-order chi connectivity index (χ1) is 18.6. The number of hydrogen-bond donors (Lipinski definition) is 2. The van der Waals surface area contributed by atoms with Gasteiger partial charge in [0.05, 0.1) is 0 Å². The summed E-state index contributed by atoms with van der Waals surface area (Å²) in [5.74, 6) is 0.351. The van der Waals surface area contributed by atoms with Crippen LogP contribution in [0.4, 0.5) is 0 Å². The first-order valence-corrected chi connectivity index (χ1v) is 16.8.